The quantitative estimate of drug-likeness (QED) is 0.800. The van der Waals surface area contributed by atoms with Crippen molar-refractivity contribution >= 4 is 17.7 Å². The molecule has 0 saturated carbocycles. The zero-order valence-electron chi connectivity index (χ0n) is 16.3. The molecule has 1 fully saturated rings. The average molecular weight is 383 g/mol. The Morgan fingerprint density at radius 2 is 2.18 bits per heavy atom. The second kappa shape index (κ2) is 8.39. The van der Waals surface area contributed by atoms with Crippen LogP contribution in [0.25, 0.3) is 11.3 Å². The van der Waals surface area contributed by atoms with E-state index in [0.717, 1.165) is 17.5 Å². The van der Waals surface area contributed by atoms with Crippen LogP contribution < -0.4 is 10.2 Å². The molecule has 0 radical (unpaired) electrons. The molecule has 0 bridgehead atoms. The Morgan fingerprint density at radius 3 is 2.82 bits per heavy atom. The van der Waals surface area contributed by atoms with E-state index in [1.54, 1.807) is 30.2 Å². The Bertz CT molecular complexity index is 866. The van der Waals surface area contributed by atoms with E-state index in [1.807, 2.05) is 32.0 Å². The van der Waals surface area contributed by atoms with Gasteiger partial charge in [-0.05, 0) is 50.1 Å². The Morgan fingerprint density at radius 1 is 1.39 bits per heavy atom. The maximum absolute atomic E-state index is 12.7. The van der Waals surface area contributed by atoms with Crippen LogP contribution >= 0.6 is 0 Å². The highest BCUT2D eigenvalue weighted by Gasteiger charge is 2.33. The van der Waals surface area contributed by atoms with Gasteiger partial charge in [0.2, 0.25) is 0 Å². The SMILES string of the molecule is CCC1COC(=O)N1c1cc(C(=O)N[C@@H](C)CO)cc(-c2ccc(C)cn2)c1. The first-order chi connectivity index (χ1) is 13.4. The molecule has 2 amide bonds. The van der Waals surface area contributed by atoms with E-state index in [4.69, 9.17) is 4.74 Å². The summed E-state index contributed by atoms with van der Waals surface area (Å²) in [5, 5.41) is 12.0. The molecular weight excluding hydrogens is 358 g/mol. The molecule has 7 heteroatoms. The van der Waals surface area contributed by atoms with Gasteiger partial charge < -0.3 is 15.2 Å². The summed E-state index contributed by atoms with van der Waals surface area (Å²) < 4.78 is 5.20. The number of cyclic esters (lactones) is 1. The van der Waals surface area contributed by atoms with Crippen molar-refractivity contribution in [3.05, 3.63) is 47.7 Å². The van der Waals surface area contributed by atoms with Gasteiger partial charge in [0.1, 0.15) is 6.61 Å². The normalized spacial score (nSPS) is 17.4. The summed E-state index contributed by atoms with van der Waals surface area (Å²) in [4.78, 5) is 31.0. The van der Waals surface area contributed by atoms with Crippen LogP contribution in [-0.4, -0.2) is 47.4 Å². The number of carbonyl (C=O) groups excluding carboxylic acids is 2. The number of aromatic nitrogens is 1. The fraction of sp³-hybridized carbons (Fsp3) is 0.381. The molecule has 0 aliphatic carbocycles. The summed E-state index contributed by atoms with van der Waals surface area (Å²) in [6.07, 6.45) is 2.08. The number of pyridine rings is 1. The van der Waals surface area contributed by atoms with Crippen molar-refractivity contribution in [3.8, 4) is 11.3 Å². The number of anilines is 1. The Hall–Kier alpha value is -2.93. The van der Waals surface area contributed by atoms with Crippen molar-refractivity contribution < 1.29 is 19.4 Å². The Kier molecular flexibility index (Phi) is 5.94. The summed E-state index contributed by atoms with van der Waals surface area (Å²) in [7, 11) is 0. The minimum absolute atomic E-state index is 0.0824. The molecule has 3 rings (SSSR count). The molecule has 2 heterocycles. The average Bonchev–Trinajstić information content (AvgIpc) is 3.08. The van der Waals surface area contributed by atoms with Crippen molar-refractivity contribution in [2.24, 2.45) is 0 Å². The maximum atomic E-state index is 12.7. The molecule has 7 nitrogen and oxygen atoms in total. The molecular formula is C21H25N3O4. The van der Waals surface area contributed by atoms with Crippen molar-refractivity contribution in [2.45, 2.75) is 39.3 Å². The lowest BCUT2D eigenvalue weighted by Gasteiger charge is -2.22. The number of aryl methyl sites for hydroxylation is 1. The van der Waals surface area contributed by atoms with Gasteiger partial charge in [0, 0.05) is 29.1 Å². The maximum Gasteiger partial charge on any atom is 0.414 e. The van der Waals surface area contributed by atoms with Crippen LogP contribution in [0.15, 0.2) is 36.5 Å². The summed E-state index contributed by atoms with van der Waals surface area (Å²) in [5.74, 6) is -0.322. The summed E-state index contributed by atoms with van der Waals surface area (Å²) in [5.41, 5.74) is 3.45. The van der Waals surface area contributed by atoms with Crippen molar-refractivity contribution in [1.29, 1.82) is 0 Å². The largest absolute Gasteiger partial charge is 0.447 e. The lowest BCUT2D eigenvalue weighted by molar-refractivity contribution is 0.0922. The van der Waals surface area contributed by atoms with Crippen LogP contribution in [0, 0.1) is 6.92 Å². The first kappa shape index (κ1) is 19.8. The monoisotopic (exact) mass is 383 g/mol. The third kappa shape index (κ3) is 4.14. The zero-order chi connectivity index (χ0) is 20.3. The van der Waals surface area contributed by atoms with Gasteiger partial charge in [0.05, 0.1) is 18.3 Å². The molecule has 1 aromatic carbocycles. The predicted molar refractivity (Wildman–Crippen MR) is 106 cm³/mol. The number of carbonyl (C=O) groups is 2. The van der Waals surface area contributed by atoms with Crippen molar-refractivity contribution in [3.63, 3.8) is 0 Å². The summed E-state index contributed by atoms with van der Waals surface area (Å²) >= 11 is 0. The molecule has 0 spiro atoms. The third-order valence-corrected chi connectivity index (χ3v) is 4.75. The lowest BCUT2D eigenvalue weighted by Crippen LogP contribution is -2.36. The third-order valence-electron chi connectivity index (χ3n) is 4.75. The van der Waals surface area contributed by atoms with Gasteiger partial charge in [0.15, 0.2) is 0 Å². The van der Waals surface area contributed by atoms with Crippen molar-refractivity contribution in [1.82, 2.24) is 10.3 Å². The number of aliphatic hydroxyl groups excluding tert-OH is 1. The number of amides is 2. The highest BCUT2D eigenvalue weighted by atomic mass is 16.6. The van der Waals surface area contributed by atoms with E-state index in [9.17, 15) is 14.7 Å². The number of aliphatic hydroxyl groups is 1. The fourth-order valence-electron chi connectivity index (χ4n) is 3.10. The predicted octanol–water partition coefficient (Wildman–Crippen LogP) is 2.90. The number of hydrogen-bond donors (Lipinski definition) is 2. The molecule has 1 aliphatic rings. The molecule has 2 N–H and O–H groups in total. The van der Waals surface area contributed by atoms with Gasteiger partial charge in [-0.25, -0.2) is 4.79 Å². The topological polar surface area (TPSA) is 91.8 Å². The van der Waals surface area contributed by atoms with Gasteiger partial charge >= 0.3 is 6.09 Å². The molecule has 1 unspecified atom stereocenters. The molecule has 28 heavy (non-hydrogen) atoms. The van der Waals surface area contributed by atoms with E-state index in [1.165, 1.54) is 0 Å². The zero-order valence-corrected chi connectivity index (χ0v) is 16.3. The second-order valence-corrected chi connectivity index (χ2v) is 7.06. The highest BCUT2D eigenvalue weighted by molar-refractivity contribution is 5.99. The minimum atomic E-state index is -0.420. The summed E-state index contributed by atoms with van der Waals surface area (Å²) in [6, 6.07) is 8.63. The smallest absolute Gasteiger partial charge is 0.414 e. The lowest BCUT2D eigenvalue weighted by atomic mass is 10.0. The van der Waals surface area contributed by atoms with Gasteiger partial charge in [0.25, 0.3) is 5.91 Å². The van der Waals surface area contributed by atoms with Crippen LogP contribution in [0.2, 0.25) is 0 Å². The molecule has 2 aromatic rings. The van der Waals surface area contributed by atoms with Gasteiger partial charge in [-0.1, -0.05) is 13.0 Å². The van der Waals surface area contributed by atoms with Gasteiger partial charge in [-0.2, -0.15) is 0 Å². The highest BCUT2D eigenvalue weighted by Crippen LogP contribution is 2.30. The Labute approximate surface area is 164 Å². The number of benzene rings is 1. The first-order valence-electron chi connectivity index (χ1n) is 9.38. The van der Waals surface area contributed by atoms with E-state index < -0.39 is 6.09 Å². The van der Waals surface area contributed by atoms with Crippen LogP contribution in [0.1, 0.15) is 36.2 Å². The van der Waals surface area contributed by atoms with E-state index in [0.29, 0.717) is 23.6 Å². The van der Waals surface area contributed by atoms with Crippen LogP contribution in [0.4, 0.5) is 10.5 Å². The number of nitrogens with one attached hydrogen (secondary N) is 1. The molecule has 148 valence electrons. The van der Waals surface area contributed by atoms with Crippen LogP contribution in [-0.2, 0) is 4.74 Å². The van der Waals surface area contributed by atoms with Gasteiger partial charge in [-0.3, -0.25) is 14.7 Å². The molecule has 1 aliphatic heterocycles. The van der Waals surface area contributed by atoms with E-state index in [2.05, 4.69) is 10.3 Å². The summed E-state index contributed by atoms with van der Waals surface area (Å²) in [6.45, 7) is 5.82. The molecule has 1 saturated heterocycles. The second-order valence-electron chi connectivity index (χ2n) is 7.06. The fourth-order valence-corrected chi connectivity index (χ4v) is 3.10. The minimum Gasteiger partial charge on any atom is -0.447 e. The van der Waals surface area contributed by atoms with Crippen LogP contribution in [0.3, 0.4) is 0 Å². The first-order valence-corrected chi connectivity index (χ1v) is 9.38. The molecule has 1 aromatic heterocycles. The van der Waals surface area contributed by atoms with Gasteiger partial charge in [-0.15, -0.1) is 0 Å². The number of ether oxygens (including phenoxy) is 1. The van der Waals surface area contributed by atoms with E-state index >= 15 is 0 Å². The van der Waals surface area contributed by atoms with Crippen molar-refractivity contribution in [2.75, 3.05) is 18.1 Å². The number of nitrogens with zero attached hydrogens (tertiary/aromatic N) is 2. The standard InChI is InChI=1S/C21H25N3O4/c1-4-17-12-28-21(27)24(17)18-8-15(19-6-5-13(2)10-22-19)7-16(9-18)20(26)23-14(3)11-25/h5-10,14,17,25H,4,11-12H2,1-3H3,(H,23,26)/t14-,17?/m0/s1. The number of rotatable bonds is 6. The number of hydrogen-bond acceptors (Lipinski definition) is 5. The molecule has 2 atom stereocenters. The van der Waals surface area contributed by atoms with E-state index in [-0.39, 0.29) is 24.6 Å². The van der Waals surface area contributed by atoms with Crippen LogP contribution in [0.5, 0.6) is 0 Å². The Balaban J connectivity index is 2.07.